The number of hydrogen-bond donors (Lipinski definition) is 0. The van der Waals surface area contributed by atoms with Crippen molar-refractivity contribution in [2.45, 2.75) is 39.0 Å². The van der Waals surface area contributed by atoms with Gasteiger partial charge in [-0.2, -0.15) is 4.31 Å². The van der Waals surface area contributed by atoms with Gasteiger partial charge in [0.05, 0.1) is 4.90 Å². The topological polar surface area (TPSA) is 74.8 Å². The van der Waals surface area contributed by atoms with Gasteiger partial charge < -0.3 is 4.90 Å². The van der Waals surface area contributed by atoms with Crippen molar-refractivity contribution in [2.24, 2.45) is 5.41 Å². The van der Waals surface area contributed by atoms with Crippen molar-refractivity contribution in [3.8, 4) is 0 Å². The maximum atomic E-state index is 12.8. The standard InChI is InChI=1S/C18H26N2O4S/c1-14(21)15-6-5-7-16(12-15)25(23,24)20-10-8-19(9-11-20)17(22)13-18(2,3)4/h5-7,12H,8-11,13H2,1-4H3. The summed E-state index contributed by atoms with van der Waals surface area (Å²) in [7, 11) is -3.66. The van der Waals surface area contributed by atoms with E-state index in [0.29, 0.717) is 25.1 Å². The fraction of sp³-hybridized carbons (Fsp3) is 0.556. The summed E-state index contributed by atoms with van der Waals surface area (Å²) in [6.07, 6.45) is 0.445. The fourth-order valence-electron chi connectivity index (χ4n) is 2.77. The van der Waals surface area contributed by atoms with Crippen molar-refractivity contribution in [3.63, 3.8) is 0 Å². The minimum atomic E-state index is -3.66. The summed E-state index contributed by atoms with van der Waals surface area (Å²) in [5.41, 5.74) is 0.285. The summed E-state index contributed by atoms with van der Waals surface area (Å²) in [4.78, 5) is 25.6. The van der Waals surface area contributed by atoms with E-state index in [1.54, 1.807) is 17.0 Å². The van der Waals surface area contributed by atoms with Crippen LogP contribution >= 0.6 is 0 Å². The molecule has 1 heterocycles. The number of hydrogen-bond acceptors (Lipinski definition) is 4. The number of amides is 1. The molecule has 1 saturated heterocycles. The summed E-state index contributed by atoms with van der Waals surface area (Å²) in [5, 5.41) is 0. The first kappa shape index (κ1) is 19.6. The second-order valence-electron chi connectivity index (χ2n) is 7.61. The third kappa shape index (κ3) is 4.89. The molecule has 0 atom stereocenters. The number of nitrogens with zero attached hydrogens (tertiary/aromatic N) is 2. The average molecular weight is 366 g/mol. The van der Waals surface area contributed by atoms with Crippen LogP contribution in [0.2, 0.25) is 0 Å². The first-order valence-electron chi connectivity index (χ1n) is 8.40. The molecule has 0 aromatic heterocycles. The fourth-order valence-corrected chi connectivity index (χ4v) is 4.24. The van der Waals surface area contributed by atoms with Crippen LogP contribution in [-0.4, -0.2) is 55.5 Å². The zero-order valence-corrected chi connectivity index (χ0v) is 16.1. The molecule has 7 heteroatoms. The van der Waals surface area contributed by atoms with E-state index in [4.69, 9.17) is 0 Å². The highest BCUT2D eigenvalue weighted by molar-refractivity contribution is 7.89. The number of sulfonamides is 1. The lowest BCUT2D eigenvalue weighted by Crippen LogP contribution is -2.51. The zero-order chi connectivity index (χ0) is 18.8. The van der Waals surface area contributed by atoms with Gasteiger partial charge in [0, 0.05) is 38.2 Å². The second-order valence-corrected chi connectivity index (χ2v) is 9.54. The number of piperazine rings is 1. The lowest BCUT2D eigenvalue weighted by atomic mass is 9.91. The van der Waals surface area contributed by atoms with Gasteiger partial charge in [-0.05, 0) is 24.5 Å². The molecule has 25 heavy (non-hydrogen) atoms. The predicted molar refractivity (Wildman–Crippen MR) is 95.9 cm³/mol. The van der Waals surface area contributed by atoms with Gasteiger partial charge in [-0.1, -0.05) is 32.9 Å². The molecule has 1 fully saturated rings. The van der Waals surface area contributed by atoms with Crippen LogP contribution in [0.5, 0.6) is 0 Å². The Morgan fingerprint density at radius 2 is 1.68 bits per heavy atom. The summed E-state index contributed by atoms with van der Waals surface area (Å²) in [5.74, 6) is -0.113. The highest BCUT2D eigenvalue weighted by Gasteiger charge is 2.31. The quantitative estimate of drug-likeness (QED) is 0.765. The molecule has 0 bridgehead atoms. The summed E-state index contributed by atoms with van der Waals surface area (Å²) in [6.45, 7) is 8.74. The number of carbonyl (C=O) groups is 2. The molecular weight excluding hydrogens is 340 g/mol. The van der Waals surface area contributed by atoms with Crippen molar-refractivity contribution in [3.05, 3.63) is 29.8 Å². The third-order valence-electron chi connectivity index (χ3n) is 4.15. The van der Waals surface area contributed by atoms with Gasteiger partial charge in [0.1, 0.15) is 0 Å². The molecule has 1 aliphatic heterocycles. The van der Waals surface area contributed by atoms with E-state index in [2.05, 4.69) is 0 Å². The first-order valence-corrected chi connectivity index (χ1v) is 9.84. The Hall–Kier alpha value is -1.73. The van der Waals surface area contributed by atoms with Crippen molar-refractivity contribution in [1.82, 2.24) is 9.21 Å². The highest BCUT2D eigenvalue weighted by Crippen LogP contribution is 2.22. The number of benzene rings is 1. The number of rotatable bonds is 4. The van der Waals surface area contributed by atoms with Crippen molar-refractivity contribution < 1.29 is 18.0 Å². The molecule has 0 radical (unpaired) electrons. The van der Waals surface area contributed by atoms with Gasteiger partial charge in [-0.25, -0.2) is 8.42 Å². The Bertz CT molecular complexity index is 758. The molecule has 1 amide bonds. The Balaban J connectivity index is 2.08. The van der Waals surface area contributed by atoms with Gasteiger partial charge in [0.15, 0.2) is 5.78 Å². The molecule has 1 aliphatic rings. The van der Waals surface area contributed by atoms with Crippen LogP contribution in [-0.2, 0) is 14.8 Å². The van der Waals surface area contributed by atoms with E-state index >= 15 is 0 Å². The maximum absolute atomic E-state index is 12.8. The van der Waals surface area contributed by atoms with Gasteiger partial charge in [-0.15, -0.1) is 0 Å². The molecule has 0 spiro atoms. The van der Waals surface area contributed by atoms with Gasteiger partial charge >= 0.3 is 0 Å². The summed E-state index contributed by atoms with van der Waals surface area (Å²) >= 11 is 0. The van der Waals surface area contributed by atoms with E-state index in [0.717, 1.165) is 0 Å². The molecule has 0 N–H and O–H groups in total. The van der Waals surface area contributed by atoms with E-state index in [-0.39, 0.29) is 35.1 Å². The van der Waals surface area contributed by atoms with Crippen LogP contribution in [0.4, 0.5) is 0 Å². The van der Waals surface area contributed by atoms with Gasteiger partial charge in [-0.3, -0.25) is 9.59 Å². The molecule has 138 valence electrons. The van der Waals surface area contributed by atoms with Gasteiger partial charge in [0.2, 0.25) is 15.9 Å². The van der Waals surface area contributed by atoms with Crippen LogP contribution in [0.25, 0.3) is 0 Å². The molecule has 1 aromatic rings. The molecule has 1 aromatic carbocycles. The number of carbonyl (C=O) groups excluding carboxylic acids is 2. The molecule has 6 nitrogen and oxygen atoms in total. The second kappa shape index (κ2) is 7.25. The highest BCUT2D eigenvalue weighted by atomic mass is 32.2. The van der Waals surface area contributed by atoms with Crippen LogP contribution in [0.1, 0.15) is 44.5 Å². The van der Waals surface area contributed by atoms with Crippen LogP contribution in [0, 0.1) is 5.41 Å². The van der Waals surface area contributed by atoms with E-state index in [9.17, 15) is 18.0 Å². The lowest BCUT2D eigenvalue weighted by molar-refractivity contribution is -0.134. The monoisotopic (exact) mass is 366 g/mol. The molecular formula is C18H26N2O4S. The van der Waals surface area contributed by atoms with Gasteiger partial charge in [0.25, 0.3) is 0 Å². The molecule has 2 rings (SSSR count). The Morgan fingerprint density at radius 1 is 1.08 bits per heavy atom. The average Bonchev–Trinajstić information content (AvgIpc) is 2.53. The van der Waals surface area contributed by atoms with E-state index < -0.39 is 10.0 Å². The summed E-state index contributed by atoms with van der Waals surface area (Å²) in [6, 6.07) is 6.09. The first-order chi connectivity index (χ1) is 11.5. The largest absolute Gasteiger partial charge is 0.340 e. The molecule has 0 unspecified atom stereocenters. The van der Waals surface area contributed by atoms with Crippen molar-refractivity contribution in [2.75, 3.05) is 26.2 Å². The smallest absolute Gasteiger partial charge is 0.243 e. The number of ketones is 1. The third-order valence-corrected chi connectivity index (χ3v) is 6.05. The van der Waals surface area contributed by atoms with Crippen LogP contribution < -0.4 is 0 Å². The summed E-state index contributed by atoms with van der Waals surface area (Å²) < 4.78 is 26.9. The normalized spacial score (nSPS) is 16.7. The Kier molecular flexibility index (Phi) is 5.68. The minimum absolute atomic E-state index is 0.0584. The minimum Gasteiger partial charge on any atom is -0.340 e. The molecule has 0 aliphatic carbocycles. The van der Waals surface area contributed by atoms with Crippen LogP contribution in [0.15, 0.2) is 29.2 Å². The lowest BCUT2D eigenvalue weighted by Gasteiger charge is -2.35. The van der Waals surface area contributed by atoms with E-state index in [1.807, 2.05) is 20.8 Å². The van der Waals surface area contributed by atoms with Crippen molar-refractivity contribution in [1.29, 1.82) is 0 Å². The number of Topliss-reactive ketones (excluding diaryl/α,β-unsaturated/α-hetero) is 1. The maximum Gasteiger partial charge on any atom is 0.243 e. The predicted octanol–water partition coefficient (Wildman–Crippen LogP) is 2.16. The van der Waals surface area contributed by atoms with Crippen molar-refractivity contribution >= 4 is 21.7 Å². The Morgan fingerprint density at radius 3 is 2.20 bits per heavy atom. The zero-order valence-electron chi connectivity index (χ0n) is 15.3. The molecule has 0 saturated carbocycles. The SMILES string of the molecule is CC(=O)c1cccc(S(=O)(=O)N2CCN(C(=O)CC(C)(C)C)CC2)c1. The van der Waals surface area contributed by atoms with Crippen LogP contribution in [0.3, 0.4) is 0 Å². The van der Waals surface area contributed by atoms with E-state index in [1.165, 1.54) is 23.4 Å². The Labute approximate surface area is 149 Å².